The number of rotatable bonds is 63. The molecule has 0 bridgehead atoms. The molecule has 23 nitrogen and oxygen atoms in total. The van der Waals surface area contributed by atoms with Crippen molar-refractivity contribution >= 4 is 17.8 Å². The van der Waals surface area contributed by atoms with E-state index < -0.39 is 155 Å². The van der Waals surface area contributed by atoms with E-state index in [4.69, 9.17) is 28.4 Å². The zero-order chi connectivity index (χ0) is 73.2. The second kappa shape index (κ2) is 56.8. The fraction of sp³-hybridized carbons (Fsp3) is 0.935. The molecule has 23 heteroatoms. The summed E-state index contributed by atoms with van der Waals surface area (Å²) in [5.74, 6) is -6.13. The minimum absolute atomic E-state index is 0.206. The predicted octanol–water partition coefficient (Wildman–Crippen LogP) is 10.2. The van der Waals surface area contributed by atoms with Crippen molar-refractivity contribution in [2.75, 3.05) is 26.4 Å². The van der Waals surface area contributed by atoms with E-state index in [-0.39, 0.29) is 12.3 Å². The normalized spacial score (nSPS) is 27.0. The van der Waals surface area contributed by atoms with Gasteiger partial charge in [0.1, 0.15) is 67.1 Å². The summed E-state index contributed by atoms with van der Waals surface area (Å²) < 4.78 is 34.9. The van der Waals surface area contributed by atoms with Crippen molar-refractivity contribution in [2.45, 2.75) is 432 Å². The first-order chi connectivity index (χ1) is 48.4. The van der Waals surface area contributed by atoms with Crippen LogP contribution in [0.15, 0.2) is 12.2 Å². The Morgan fingerprint density at radius 1 is 0.520 bits per heavy atom. The zero-order valence-electron chi connectivity index (χ0n) is 62.1. The Balaban J connectivity index is 1.53. The lowest BCUT2D eigenvalue weighted by atomic mass is 9.88. The average Bonchev–Trinajstić information content (AvgIpc) is 0.757. The van der Waals surface area contributed by atoms with E-state index in [2.05, 4.69) is 24.5 Å². The van der Waals surface area contributed by atoms with Crippen LogP contribution in [0, 0.1) is 0 Å². The topological polar surface area (TPSA) is 373 Å². The molecule has 0 radical (unpaired) electrons. The Morgan fingerprint density at radius 3 is 1.33 bits per heavy atom. The quantitative estimate of drug-likeness (QED) is 0.0199. The van der Waals surface area contributed by atoms with E-state index in [0.717, 1.165) is 51.9 Å². The van der Waals surface area contributed by atoms with Crippen LogP contribution in [-0.2, 0) is 42.8 Å². The van der Waals surface area contributed by atoms with Crippen LogP contribution in [0.1, 0.15) is 323 Å². The second-order valence-corrected chi connectivity index (χ2v) is 29.3. The number of nitrogens with one attached hydrogen (secondary N) is 2. The second-order valence-electron chi connectivity index (χ2n) is 29.3. The third-order valence-corrected chi connectivity index (χ3v) is 20.5. The molecule has 0 aromatic heterocycles. The van der Waals surface area contributed by atoms with Crippen LogP contribution in [0.4, 0.5) is 0 Å². The van der Waals surface area contributed by atoms with Crippen molar-refractivity contribution < 1.29 is 104 Å². The maximum Gasteiger partial charge on any atom is 0.364 e. The summed E-state index contributed by atoms with van der Waals surface area (Å²) in [6, 6.07) is -2.62. The number of carboxylic acid groups (broad SMARTS) is 1. The summed E-state index contributed by atoms with van der Waals surface area (Å²) >= 11 is 0. The van der Waals surface area contributed by atoms with Crippen molar-refractivity contribution in [3.8, 4) is 0 Å². The standard InChI is InChI=1S/C77H144N2O21/c1-4-6-8-10-12-14-16-18-20-22-24-26-27-28-29-31-32-34-36-38-40-42-44-46-48-50-59(84)58(79-64(87)51-49-47-45-43-41-39-37-35-33-30-25-23-21-19-17-15-13-11-9-7-5-2)56-95-74-69(91)68(90)71(63(55-82)97-74)98-75-70(92)73(67(89)62(54-81)96-75)100-77(76(93)94)52-60(85)65(78-57(3)83)72(99-77)66(88)61(86)53-80/h48,50,58-63,65-75,80-82,84-86,88-92H,4-47,49,51-56H2,1-3H3,(H,78,83)(H,79,87)(H,93,94)/b50-48+. The smallest absolute Gasteiger partial charge is 0.364 e. The monoisotopic (exact) mass is 1430 g/mol. The average molecular weight is 1430 g/mol. The fourth-order valence-corrected chi connectivity index (χ4v) is 14.1. The van der Waals surface area contributed by atoms with Gasteiger partial charge >= 0.3 is 5.97 Å². The Labute approximate surface area is 601 Å². The van der Waals surface area contributed by atoms with E-state index >= 15 is 0 Å². The maximum absolute atomic E-state index is 13.5. The van der Waals surface area contributed by atoms with Crippen LogP contribution >= 0.6 is 0 Å². The van der Waals surface area contributed by atoms with Crippen molar-refractivity contribution in [1.29, 1.82) is 0 Å². The zero-order valence-corrected chi connectivity index (χ0v) is 62.1. The van der Waals surface area contributed by atoms with E-state index in [0.29, 0.717) is 12.8 Å². The van der Waals surface area contributed by atoms with Gasteiger partial charge in [-0.3, -0.25) is 9.59 Å². The van der Waals surface area contributed by atoms with Crippen LogP contribution in [0.3, 0.4) is 0 Å². The third kappa shape index (κ3) is 37.1. The summed E-state index contributed by atoms with van der Waals surface area (Å²) in [4.78, 5) is 38.7. The molecular formula is C77H144N2O21. The van der Waals surface area contributed by atoms with Gasteiger partial charge in [0.25, 0.3) is 5.79 Å². The molecule has 18 atom stereocenters. The molecule has 14 N–H and O–H groups in total. The first kappa shape index (κ1) is 91.7. The van der Waals surface area contributed by atoms with Crippen molar-refractivity contribution in [3.63, 3.8) is 0 Å². The SMILES string of the molecule is CCCCCCCCCCCCCCCCCCCCCCCCC/C=C/C(O)C(COC1OC(CO)C(OC2OC(CO)C(O)C(OC3(C(=O)O)CC(O)C(NC(C)=O)C(C(O)C(O)CO)O3)C2O)C(O)C1O)NC(=O)CCCCCCCCCCCCCCCCCCCCCCC. The molecule has 0 spiro atoms. The summed E-state index contributed by atoms with van der Waals surface area (Å²) in [5.41, 5.74) is 0. The van der Waals surface area contributed by atoms with Gasteiger partial charge in [-0.1, -0.05) is 296 Å². The molecule has 0 aromatic rings. The minimum atomic E-state index is -3.08. The molecular weight excluding hydrogens is 1290 g/mol. The molecule has 100 heavy (non-hydrogen) atoms. The lowest BCUT2D eigenvalue weighted by Gasteiger charge is -2.50. The summed E-state index contributed by atoms with van der Waals surface area (Å²) in [7, 11) is 0. The van der Waals surface area contributed by atoms with E-state index in [1.165, 1.54) is 231 Å². The minimum Gasteiger partial charge on any atom is -0.477 e. The van der Waals surface area contributed by atoms with Gasteiger partial charge in [0.2, 0.25) is 11.8 Å². The Kier molecular flexibility index (Phi) is 52.0. The number of unbranched alkanes of at least 4 members (excludes halogenated alkanes) is 43. The van der Waals surface area contributed by atoms with Crippen LogP contribution in [0.25, 0.3) is 0 Å². The lowest BCUT2D eigenvalue weighted by Crippen LogP contribution is -2.70. The highest BCUT2D eigenvalue weighted by molar-refractivity contribution is 5.77. The summed E-state index contributed by atoms with van der Waals surface area (Å²) in [6.45, 7) is 2.20. The first-order valence-corrected chi connectivity index (χ1v) is 40.1. The molecule has 2 amide bonds. The van der Waals surface area contributed by atoms with Crippen LogP contribution in [0.5, 0.6) is 0 Å². The highest BCUT2D eigenvalue weighted by Crippen LogP contribution is 2.39. The summed E-state index contributed by atoms with van der Waals surface area (Å²) in [6.07, 6.45) is 31.0. The first-order valence-electron chi connectivity index (χ1n) is 40.1. The van der Waals surface area contributed by atoms with Gasteiger partial charge in [-0.15, -0.1) is 0 Å². The van der Waals surface area contributed by atoms with E-state index in [9.17, 15) is 75.7 Å². The molecule has 0 saturated carbocycles. The molecule has 3 aliphatic heterocycles. The number of carboxylic acids is 1. The van der Waals surface area contributed by atoms with E-state index in [1.807, 2.05) is 6.08 Å². The molecule has 0 aromatic carbocycles. The highest BCUT2D eigenvalue weighted by Gasteiger charge is 2.60. The van der Waals surface area contributed by atoms with Crippen LogP contribution < -0.4 is 10.6 Å². The Morgan fingerprint density at radius 2 is 0.930 bits per heavy atom. The molecule has 18 unspecified atom stereocenters. The number of allylic oxidation sites excluding steroid dienone is 1. The van der Waals surface area contributed by atoms with Crippen molar-refractivity contribution in [3.05, 3.63) is 12.2 Å². The maximum atomic E-state index is 13.5. The van der Waals surface area contributed by atoms with Gasteiger partial charge in [0.05, 0.1) is 50.7 Å². The van der Waals surface area contributed by atoms with Gasteiger partial charge in [-0.2, -0.15) is 0 Å². The third-order valence-electron chi connectivity index (χ3n) is 20.5. The van der Waals surface area contributed by atoms with Gasteiger partial charge in [-0.05, 0) is 19.3 Å². The number of amides is 2. The van der Waals surface area contributed by atoms with Gasteiger partial charge in [-0.25, -0.2) is 4.79 Å². The number of hydrogen-bond donors (Lipinski definition) is 14. The lowest BCUT2D eigenvalue weighted by molar-refractivity contribution is -0.386. The largest absolute Gasteiger partial charge is 0.477 e. The van der Waals surface area contributed by atoms with Gasteiger partial charge in [0.15, 0.2) is 12.6 Å². The number of aliphatic hydroxyl groups excluding tert-OH is 11. The molecule has 3 rings (SSSR count). The van der Waals surface area contributed by atoms with Gasteiger partial charge < -0.3 is 100 Å². The van der Waals surface area contributed by atoms with Crippen LogP contribution in [0.2, 0.25) is 0 Å². The molecule has 3 heterocycles. The number of hydrogen-bond acceptors (Lipinski definition) is 20. The van der Waals surface area contributed by atoms with Crippen molar-refractivity contribution in [2.24, 2.45) is 0 Å². The number of aliphatic carboxylic acids is 1. The van der Waals surface area contributed by atoms with Gasteiger partial charge in [0, 0.05) is 19.8 Å². The number of carbonyl (C=O) groups is 3. The van der Waals surface area contributed by atoms with Crippen molar-refractivity contribution in [1.82, 2.24) is 10.6 Å². The molecule has 0 aliphatic carbocycles. The molecule has 588 valence electrons. The van der Waals surface area contributed by atoms with Crippen LogP contribution in [-0.4, -0.2) is 215 Å². The predicted molar refractivity (Wildman–Crippen MR) is 385 cm³/mol. The summed E-state index contributed by atoms with van der Waals surface area (Å²) in [5, 5.41) is 136. The molecule has 3 aliphatic rings. The molecule has 3 fully saturated rings. The van der Waals surface area contributed by atoms with E-state index in [1.54, 1.807) is 6.08 Å². The fourth-order valence-electron chi connectivity index (χ4n) is 14.1. The number of aliphatic hydroxyl groups is 11. The Hall–Kier alpha value is -2.53. The Bertz CT molecular complexity index is 2050. The molecule has 3 saturated heterocycles. The number of carbonyl (C=O) groups excluding carboxylic acids is 2. The highest BCUT2D eigenvalue weighted by atomic mass is 16.8. The number of ether oxygens (including phenoxy) is 6.